The lowest BCUT2D eigenvalue weighted by Gasteiger charge is -2.36. The second-order valence-electron chi connectivity index (χ2n) is 6.29. The van der Waals surface area contributed by atoms with Gasteiger partial charge in [0.05, 0.1) is 12.2 Å². The summed E-state index contributed by atoms with van der Waals surface area (Å²) in [5.74, 6) is 0.282. The molecule has 0 bridgehead atoms. The van der Waals surface area contributed by atoms with Crippen molar-refractivity contribution in [3.63, 3.8) is 0 Å². The molecular weight excluding hydrogens is 298 g/mol. The van der Waals surface area contributed by atoms with Gasteiger partial charge in [-0.3, -0.25) is 15.0 Å². The van der Waals surface area contributed by atoms with Crippen molar-refractivity contribution < 1.29 is 14.1 Å². The monoisotopic (exact) mass is 321 g/mol. The lowest BCUT2D eigenvalue weighted by Crippen LogP contribution is -2.47. The van der Waals surface area contributed by atoms with Gasteiger partial charge < -0.3 is 14.3 Å². The molecule has 126 valence electrons. The number of carbonyl (C=O) groups is 2. The Bertz CT molecular complexity index is 579. The summed E-state index contributed by atoms with van der Waals surface area (Å²) in [6.45, 7) is 5.40. The molecule has 1 N–H and O–H groups in total. The molecule has 23 heavy (non-hydrogen) atoms. The Balaban J connectivity index is 1.44. The van der Waals surface area contributed by atoms with Crippen molar-refractivity contribution in [3.05, 3.63) is 11.8 Å². The van der Waals surface area contributed by atoms with Crippen LogP contribution in [0, 0.1) is 6.92 Å². The van der Waals surface area contributed by atoms with Crippen molar-refractivity contribution >= 4 is 17.8 Å². The van der Waals surface area contributed by atoms with Crippen LogP contribution in [0.4, 0.5) is 10.7 Å². The normalized spacial score (nSPS) is 20.3. The van der Waals surface area contributed by atoms with Crippen LogP contribution in [0.5, 0.6) is 0 Å². The number of aryl methyl sites for hydroxylation is 1. The fraction of sp³-hybridized carbons (Fsp3) is 0.667. The van der Waals surface area contributed by atoms with E-state index in [0.717, 1.165) is 44.7 Å². The number of rotatable bonds is 4. The Morgan fingerprint density at radius 2 is 2.09 bits per heavy atom. The topological polar surface area (TPSA) is 81.9 Å². The van der Waals surface area contributed by atoms with Crippen LogP contribution < -0.4 is 5.32 Å². The number of likely N-dealkylation sites (N-methyl/N-ethyl adjacent to an activating group) is 1. The highest BCUT2D eigenvalue weighted by molar-refractivity contribution is 5.90. The minimum atomic E-state index is -0.100. The SMILES string of the molecule is Cc1cc(NC(=O)CN2CCC(N3CCN(C)C3=O)CC2)on1. The summed E-state index contributed by atoms with van der Waals surface area (Å²) in [4.78, 5) is 29.9. The summed E-state index contributed by atoms with van der Waals surface area (Å²) < 4.78 is 4.98. The Morgan fingerprint density at radius 3 is 2.65 bits per heavy atom. The molecule has 0 unspecified atom stereocenters. The van der Waals surface area contributed by atoms with E-state index in [1.54, 1.807) is 17.9 Å². The van der Waals surface area contributed by atoms with Crippen molar-refractivity contribution in [2.24, 2.45) is 0 Å². The van der Waals surface area contributed by atoms with Crippen LogP contribution in [0.2, 0.25) is 0 Å². The number of nitrogens with one attached hydrogen (secondary N) is 1. The zero-order valence-electron chi connectivity index (χ0n) is 13.6. The molecule has 3 amide bonds. The van der Waals surface area contributed by atoms with E-state index in [1.807, 2.05) is 11.9 Å². The van der Waals surface area contributed by atoms with Crippen molar-refractivity contribution in [1.29, 1.82) is 0 Å². The zero-order valence-corrected chi connectivity index (χ0v) is 13.6. The van der Waals surface area contributed by atoms with Gasteiger partial charge in [0.1, 0.15) is 0 Å². The maximum absolute atomic E-state index is 12.0. The molecule has 2 aliphatic heterocycles. The molecule has 2 fully saturated rings. The van der Waals surface area contributed by atoms with Crippen molar-refractivity contribution in [2.75, 3.05) is 45.1 Å². The average molecular weight is 321 g/mol. The van der Waals surface area contributed by atoms with Gasteiger partial charge in [0.15, 0.2) is 0 Å². The lowest BCUT2D eigenvalue weighted by molar-refractivity contribution is -0.117. The van der Waals surface area contributed by atoms with Gasteiger partial charge in [-0.05, 0) is 19.8 Å². The van der Waals surface area contributed by atoms with E-state index >= 15 is 0 Å². The van der Waals surface area contributed by atoms with Crippen molar-refractivity contribution in [2.45, 2.75) is 25.8 Å². The molecule has 2 aliphatic rings. The molecule has 8 nitrogen and oxygen atoms in total. The van der Waals surface area contributed by atoms with E-state index in [4.69, 9.17) is 4.52 Å². The Labute approximate surface area is 135 Å². The van der Waals surface area contributed by atoms with Gasteiger partial charge in [0.2, 0.25) is 11.8 Å². The first-order chi connectivity index (χ1) is 11.0. The molecule has 1 aromatic rings. The molecule has 0 atom stereocenters. The summed E-state index contributed by atoms with van der Waals surface area (Å²) in [5, 5.41) is 6.45. The molecular formula is C15H23N5O3. The largest absolute Gasteiger partial charge is 0.338 e. The minimum absolute atomic E-state index is 0.100. The van der Waals surface area contributed by atoms with E-state index in [0.29, 0.717) is 18.5 Å². The lowest BCUT2D eigenvalue weighted by atomic mass is 10.0. The van der Waals surface area contributed by atoms with Crippen LogP contribution in [0.25, 0.3) is 0 Å². The first-order valence-corrected chi connectivity index (χ1v) is 8.00. The minimum Gasteiger partial charge on any atom is -0.338 e. The standard InChI is InChI=1S/C15H23N5O3/c1-11-9-14(23-17-11)16-13(21)10-19-5-3-12(4-6-19)20-8-7-18(2)15(20)22/h9,12H,3-8,10H2,1-2H3,(H,16,21). The molecule has 3 rings (SSSR count). The zero-order chi connectivity index (χ0) is 16.4. The van der Waals surface area contributed by atoms with Gasteiger partial charge in [-0.1, -0.05) is 5.16 Å². The molecule has 0 radical (unpaired) electrons. The van der Waals surface area contributed by atoms with Crippen molar-refractivity contribution in [3.8, 4) is 0 Å². The van der Waals surface area contributed by atoms with Crippen LogP contribution in [0.3, 0.4) is 0 Å². The molecule has 0 aromatic carbocycles. The number of amides is 3. The number of aromatic nitrogens is 1. The number of hydrogen-bond donors (Lipinski definition) is 1. The third-order valence-electron chi connectivity index (χ3n) is 4.50. The predicted octanol–water partition coefficient (Wildman–Crippen LogP) is 0.753. The Kier molecular flexibility index (Phi) is 4.51. The van der Waals surface area contributed by atoms with Crippen LogP contribution in [-0.2, 0) is 4.79 Å². The number of urea groups is 1. The smallest absolute Gasteiger partial charge is 0.320 e. The van der Waals surface area contributed by atoms with E-state index in [1.165, 1.54) is 0 Å². The Morgan fingerprint density at radius 1 is 1.35 bits per heavy atom. The van der Waals surface area contributed by atoms with Gasteiger partial charge in [0.25, 0.3) is 0 Å². The average Bonchev–Trinajstić information content (AvgIpc) is 3.07. The third kappa shape index (κ3) is 3.64. The summed E-state index contributed by atoms with van der Waals surface area (Å²) in [7, 11) is 1.84. The van der Waals surface area contributed by atoms with Gasteiger partial charge in [-0.25, -0.2) is 4.79 Å². The fourth-order valence-corrected chi connectivity index (χ4v) is 3.20. The number of nitrogens with zero attached hydrogens (tertiary/aromatic N) is 4. The summed E-state index contributed by atoms with van der Waals surface area (Å²) in [5.41, 5.74) is 0.737. The highest BCUT2D eigenvalue weighted by Crippen LogP contribution is 2.20. The molecule has 0 spiro atoms. The number of anilines is 1. The first-order valence-electron chi connectivity index (χ1n) is 8.00. The molecule has 3 heterocycles. The van der Waals surface area contributed by atoms with Gasteiger partial charge in [-0.15, -0.1) is 0 Å². The van der Waals surface area contributed by atoms with Gasteiger partial charge in [-0.2, -0.15) is 0 Å². The molecule has 8 heteroatoms. The van der Waals surface area contributed by atoms with Crippen LogP contribution in [0.15, 0.2) is 10.6 Å². The molecule has 0 saturated carbocycles. The van der Waals surface area contributed by atoms with Crippen LogP contribution >= 0.6 is 0 Å². The fourth-order valence-electron chi connectivity index (χ4n) is 3.20. The molecule has 1 aromatic heterocycles. The van der Waals surface area contributed by atoms with Gasteiger partial charge >= 0.3 is 6.03 Å². The van der Waals surface area contributed by atoms with E-state index in [9.17, 15) is 9.59 Å². The number of piperidine rings is 1. The highest BCUT2D eigenvalue weighted by Gasteiger charge is 2.33. The Hall–Kier alpha value is -2.09. The maximum atomic E-state index is 12.0. The van der Waals surface area contributed by atoms with Crippen LogP contribution in [0.1, 0.15) is 18.5 Å². The first kappa shape index (κ1) is 15.8. The number of hydrogen-bond acceptors (Lipinski definition) is 5. The third-order valence-corrected chi connectivity index (χ3v) is 4.50. The summed E-state index contributed by atoms with van der Waals surface area (Å²) in [6.07, 6.45) is 1.82. The summed E-state index contributed by atoms with van der Waals surface area (Å²) >= 11 is 0. The molecule has 2 saturated heterocycles. The number of likely N-dealkylation sites (tertiary alicyclic amines) is 1. The van der Waals surface area contributed by atoms with E-state index in [2.05, 4.69) is 15.4 Å². The van der Waals surface area contributed by atoms with Crippen LogP contribution in [-0.4, -0.2) is 77.6 Å². The second-order valence-corrected chi connectivity index (χ2v) is 6.29. The second kappa shape index (κ2) is 6.57. The van der Waals surface area contributed by atoms with Crippen molar-refractivity contribution in [1.82, 2.24) is 19.9 Å². The highest BCUT2D eigenvalue weighted by atomic mass is 16.5. The maximum Gasteiger partial charge on any atom is 0.320 e. The quantitative estimate of drug-likeness (QED) is 0.885. The van der Waals surface area contributed by atoms with E-state index in [-0.39, 0.29) is 11.9 Å². The van der Waals surface area contributed by atoms with Gasteiger partial charge in [0, 0.05) is 45.3 Å². The number of carbonyl (C=O) groups excluding carboxylic acids is 2. The molecule has 0 aliphatic carbocycles. The van der Waals surface area contributed by atoms with E-state index < -0.39 is 0 Å². The predicted molar refractivity (Wildman–Crippen MR) is 84.1 cm³/mol. The summed E-state index contributed by atoms with van der Waals surface area (Å²) in [6, 6.07) is 2.12.